The van der Waals surface area contributed by atoms with E-state index in [4.69, 9.17) is 23.7 Å². The van der Waals surface area contributed by atoms with Gasteiger partial charge < -0.3 is 59.0 Å². The lowest BCUT2D eigenvalue weighted by molar-refractivity contribution is -0.302. The Kier molecular flexibility index (Phi) is 22.2. The molecule has 75 heavy (non-hydrogen) atoms. The summed E-state index contributed by atoms with van der Waals surface area (Å²) in [7, 11) is 1.38. The molecule has 3 fully saturated rings. The standard InChI is InChI=1S/C53H90F2N6O13S/c1-14-43-53(10,67)46(63)35(6)60(12)29-31(2)26-51(8,66)48(33(4)44(34(5)49(65)73-43)42-27-52(9,70-13)47(64)36(7)72-42)74-50-45(62)41(24-32(3)71-50)59(11)23-20-38-30-61(58-57-38)39(28-55)25-37-16-18-40(19-17-37)75(68,69)56-22-15-21-54/h16-19,30-36,39,41-48,50,56,62-64,66-67H,14-15,20-29H2,1-13H3/t31-,32-,33+,34-,35-,36+,39+,41+,42?,43-,44+,45-,46-,47+,48-,50+,51-,52-,53-/m1/s1. The maximum absolute atomic E-state index is 14.6. The summed E-state index contributed by atoms with van der Waals surface area (Å²) in [6.07, 6.45) is -5.65. The molecule has 0 radical (unpaired) electrons. The van der Waals surface area contributed by atoms with E-state index in [1.807, 2.05) is 44.7 Å². The number of aliphatic hydroxyl groups excluding tert-OH is 3. The fourth-order valence-electron chi connectivity index (χ4n) is 11.9. The average Bonchev–Trinajstić information content (AvgIpc) is 3.83. The van der Waals surface area contributed by atoms with Crippen molar-refractivity contribution < 1.29 is 71.2 Å². The van der Waals surface area contributed by atoms with Crippen LogP contribution >= 0.6 is 0 Å². The Morgan fingerprint density at radius 3 is 2.28 bits per heavy atom. The molecular weight excluding hydrogens is 999 g/mol. The van der Waals surface area contributed by atoms with E-state index in [0.29, 0.717) is 37.2 Å². The van der Waals surface area contributed by atoms with Crippen molar-refractivity contribution in [1.82, 2.24) is 29.5 Å². The number of carbonyl (C=O) groups is 1. The number of cyclic esters (lactones) is 1. The highest BCUT2D eigenvalue weighted by Crippen LogP contribution is 2.45. The predicted molar refractivity (Wildman–Crippen MR) is 276 cm³/mol. The molecule has 19 nitrogen and oxygen atoms in total. The highest BCUT2D eigenvalue weighted by molar-refractivity contribution is 7.89. The third kappa shape index (κ3) is 15.1. The minimum atomic E-state index is -3.82. The number of aromatic nitrogens is 3. The lowest BCUT2D eigenvalue weighted by atomic mass is 9.68. The van der Waals surface area contributed by atoms with Crippen LogP contribution in [0.15, 0.2) is 35.4 Å². The molecule has 19 atom stereocenters. The Labute approximate surface area is 444 Å². The number of likely N-dealkylation sites (N-methyl/N-ethyl adjacent to an activating group) is 2. The summed E-state index contributed by atoms with van der Waals surface area (Å²) in [5, 5.41) is 68.7. The van der Waals surface area contributed by atoms with Gasteiger partial charge in [0, 0.05) is 63.8 Å². The zero-order valence-electron chi connectivity index (χ0n) is 46.5. The Morgan fingerprint density at radius 1 is 1.00 bits per heavy atom. The van der Waals surface area contributed by atoms with Crippen molar-refractivity contribution in [3.05, 3.63) is 41.7 Å². The lowest BCUT2D eigenvalue weighted by Crippen LogP contribution is -2.62. The van der Waals surface area contributed by atoms with Crippen LogP contribution in [0.2, 0.25) is 0 Å². The molecule has 5 rings (SSSR count). The molecule has 3 aliphatic rings. The van der Waals surface area contributed by atoms with Crippen molar-refractivity contribution in [2.45, 2.75) is 209 Å². The third-order valence-electron chi connectivity index (χ3n) is 16.6. The first-order chi connectivity index (χ1) is 35.0. The Bertz CT molecular complexity index is 2210. The molecule has 4 heterocycles. The molecule has 0 saturated carbocycles. The van der Waals surface area contributed by atoms with Crippen LogP contribution in [0.4, 0.5) is 8.78 Å². The molecule has 1 unspecified atom stereocenters. The minimum Gasteiger partial charge on any atom is -0.459 e. The van der Waals surface area contributed by atoms with E-state index < -0.39 is 137 Å². The van der Waals surface area contributed by atoms with E-state index in [-0.39, 0.29) is 49.5 Å². The second-order valence-electron chi connectivity index (χ2n) is 22.8. The number of esters is 1. The lowest BCUT2D eigenvalue weighted by Gasteiger charge is -2.51. The van der Waals surface area contributed by atoms with Crippen LogP contribution < -0.4 is 4.72 Å². The molecule has 1 aromatic heterocycles. The molecule has 0 amide bonds. The van der Waals surface area contributed by atoms with Crippen LogP contribution in [0.5, 0.6) is 0 Å². The number of ether oxygens (including phenoxy) is 5. The second-order valence-corrected chi connectivity index (χ2v) is 24.6. The fourth-order valence-corrected chi connectivity index (χ4v) is 13.0. The maximum Gasteiger partial charge on any atom is 0.309 e. The Balaban J connectivity index is 1.41. The van der Waals surface area contributed by atoms with Gasteiger partial charge in [0.25, 0.3) is 0 Å². The van der Waals surface area contributed by atoms with Gasteiger partial charge in [0.2, 0.25) is 10.0 Å². The number of benzene rings is 1. The first kappa shape index (κ1) is 63.0. The minimum absolute atomic E-state index is 0.0197. The number of nitrogens with one attached hydrogen (secondary N) is 1. The number of hydrogen-bond donors (Lipinski definition) is 6. The van der Waals surface area contributed by atoms with Crippen molar-refractivity contribution in [3.63, 3.8) is 0 Å². The maximum atomic E-state index is 14.6. The van der Waals surface area contributed by atoms with Gasteiger partial charge in [0.15, 0.2) is 6.29 Å². The van der Waals surface area contributed by atoms with Gasteiger partial charge in [-0.2, -0.15) is 0 Å². The van der Waals surface area contributed by atoms with Crippen molar-refractivity contribution in [3.8, 4) is 0 Å². The normalized spacial score (nSPS) is 38.7. The molecule has 0 aliphatic carbocycles. The van der Waals surface area contributed by atoms with Gasteiger partial charge in [-0.25, -0.2) is 22.2 Å². The van der Waals surface area contributed by atoms with E-state index in [9.17, 15) is 47.5 Å². The van der Waals surface area contributed by atoms with E-state index >= 15 is 0 Å². The summed E-state index contributed by atoms with van der Waals surface area (Å²) in [4.78, 5) is 18.5. The highest BCUT2D eigenvalue weighted by atomic mass is 32.2. The molecule has 6 N–H and O–H groups in total. The van der Waals surface area contributed by atoms with E-state index in [0.717, 1.165) is 0 Å². The molecule has 22 heteroatoms. The quantitative estimate of drug-likeness (QED) is 0.0919. The molecule has 2 aromatic rings. The highest BCUT2D eigenvalue weighted by Gasteiger charge is 2.55. The number of methoxy groups -OCH3 is 1. The third-order valence-corrected chi connectivity index (χ3v) is 18.1. The average molecular weight is 1090 g/mol. The second kappa shape index (κ2) is 26.4. The molecular formula is C53H90F2N6O13S. The van der Waals surface area contributed by atoms with Crippen LogP contribution in [-0.4, -0.2) is 203 Å². The van der Waals surface area contributed by atoms with E-state index in [2.05, 4.69) is 15.0 Å². The predicted octanol–water partition coefficient (Wildman–Crippen LogP) is 3.77. The summed E-state index contributed by atoms with van der Waals surface area (Å²) in [6.45, 7) is 17.0. The van der Waals surface area contributed by atoms with Gasteiger partial charge in [-0.05, 0) is 117 Å². The summed E-state index contributed by atoms with van der Waals surface area (Å²) in [5.41, 5.74) is -3.31. The van der Waals surface area contributed by atoms with Crippen molar-refractivity contribution >= 4 is 16.0 Å². The zero-order valence-corrected chi connectivity index (χ0v) is 47.3. The zero-order chi connectivity index (χ0) is 56.0. The fraction of sp³-hybridized carbons (Fsp3) is 0.830. The van der Waals surface area contributed by atoms with Gasteiger partial charge in [0.05, 0.1) is 64.8 Å². The SMILES string of the molecule is CC[C@H]1OC(=O)[C@H](C)[C@@H](C2C[C@@](C)(OC)[C@@H](O)[C@H](C)O2)[C@H](C)[C@@H](O[C@@H]2O[C@H](C)C[C@H](N(C)CCc3cn([C@H](CF)Cc4ccc(S(=O)(=O)NCCCF)cc4)nn3)[C@H]2O)[C@](C)(O)C[C@@H](C)CN(C)[C@H](C)[C@@H](O)[C@]1(C)O. The number of hydrogen-bond acceptors (Lipinski definition) is 17. The Morgan fingerprint density at radius 2 is 1.67 bits per heavy atom. The van der Waals surface area contributed by atoms with Crippen LogP contribution in [-0.2, 0) is 51.3 Å². The van der Waals surface area contributed by atoms with Gasteiger partial charge >= 0.3 is 5.97 Å². The number of aliphatic hydroxyl groups is 5. The largest absolute Gasteiger partial charge is 0.459 e. The summed E-state index contributed by atoms with van der Waals surface area (Å²) >= 11 is 0. The number of rotatable bonds is 18. The molecule has 3 aliphatic heterocycles. The smallest absolute Gasteiger partial charge is 0.309 e. The number of carbonyl (C=O) groups excluding carboxylic acids is 1. The monoisotopic (exact) mass is 1090 g/mol. The van der Waals surface area contributed by atoms with Gasteiger partial charge in [-0.15, -0.1) is 5.10 Å². The molecule has 0 spiro atoms. The number of halogens is 2. The van der Waals surface area contributed by atoms with Crippen molar-refractivity contribution in [2.24, 2.45) is 23.7 Å². The van der Waals surface area contributed by atoms with Crippen molar-refractivity contribution in [1.29, 1.82) is 0 Å². The van der Waals surface area contributed by atoms with Crippen LogP contribution in [0.25, 0.3) is 0 Å². The van der Waals surface area contributed by atoms with Crippen LogP contribution in [0, 0.1) is 23.7 Å². The summed E-state index contributed by atoms with van der Waals surface area (Å²) in [5.74, 6) is -3.35. The van der Waals surface area contributed by atoms with Crippen LogP contribution in [0.1, 0.15) is 119 Å². The summed E-state index contributed by atoms with van der Waals surface area (Å²) in [6, 6.07) is 4.24. The number of sulfonamides is 1. The molecule has 0 bridgehead atoms. The van der Waals surface area contributed by atoms with Crippen molar-refractivity contribution in [2.75, 3.05) is 54.2 Å². The molecule has 3 saturated heterocycles. The topological polar surface area (TPSA) is 248 Å². The molecule has 1 aromatic carbocycles. The number of alkyl halides is 2. The summed E-state index contributed by atoms with van der Waals surface area (Å²) < 4.78 is 88.1. The first-order valence-electron chi connectivity index (χ1n) is 26.8. The number of nitrogens with zero attached hydrogens (tertiary/aromatic N) is 5. The van der Waals surface area contributed by atoms with Crippen LogP contribution in [0.3, 0.4) is 0 Å². The Hall–Kier alpha value is -2.84. The van der Waals surface area contributed by atoms with E-state index in [1.54, 1.807) is 59.9 Å². The van der Waals surface area contributed by atoms with Gasteiger partial charge in [-0.3, -0.25) is 9.18 Å². The van der Waals surface area contributed by atoms with Gasteiger partial charge in [0.1, 0.15) is 36.7 Å². The van der Waals surface area contributed by atoms with E-state index in [1.165, 1.54) is 30.8 Å². The van der Waals surface area contributed by atoms with Gasteiger partial charge in [-0.1, -0.05) is 45.0 Å². The molecule has 430 valence electrons. The first-order valence-corrected chi connectivity index (χ1v) is 28.3.